The number of hydrogen-bond acceptors (Lipinski definition) is 7. The van der Waals surface area contributed by atoms with E-state index in [0.29, 0.717) is 33.4 Å². The van der Waals surface area contributed by atoms with Crippen molar-refractivity contribution < 1.29 is 13.2 Å². The highest BCUT2D eigenvalue weighted by molar-refractivity contribution is 7.88. The Labute approximate surface area is 229 Å². The van der Waals surface area contributed by atoms with Crippen LogP contribution >= 0.6 is 0 Å². The molecule has 5 rings (SSSR count). The molecular weight excluding hydrogens is 530 g/mol. The number of anilines is 1. The quantitative estimate of drug-likeness (QED) is 0.271. The highest BCUT2D eigenvalue weighted by Gasteiger charge is 2.23. The molecule has 0 spiro atoms. The molecule has 5 aromatic rings. The molecule has 0 saturated heterocycles. The molecule has 1 atom stereocenters. The highest BCUT2D eigenvalue weighted by Crippen LogP contribution is 2.24. The van der Waals surface area contributed by atoms with Gasteiger partial charge in [-0.2, -0.15) is 0 Å². The van der Waals surface area contributed by atoms with Crippen molar-refractivity contribution in [1.29, 1.82) is 0 Å². The van der Waals surface area contributed by atoms with E-state index in [9.17, 15) is 18.0 Å². The number of rotatable bonds is 6. The van der Waals surface area contributed by atoms with E-state index < -0.39 is 22.0 Å². The lowest BCUT2D eigenvalue weighted by Gasteiger charge is -2.21. The molecule has 40 heavy (non-hydrogen) atoms. The van der Waals surface area contributed by atoms with Crippen molar-refractivity contribution in [2.45, 2.75) is 13.0 Å². The summed E-state index contributed by atoms with van der Waals surface area (Å²) in [5.74, 6) is 5.23. The van der Waals surface area contributed by atoms with E-state index in [1.165, 1.54) is 9.08 Å². The topological polar surface area (TPSA) is 153 Å². The molecule has 0 unspecified atom stereocenters. The third-order valence-corrected chi connectivity index (χ3v) is 6.84. The monoisotopic (exact) mass is 555 g/mol. The normalized spacial score (nSPS) is 12.2. The van der Waals surface area contributed by atoms with Crippen LogP contribution in [0.25, 0.3) is 22.1 Å². The van der Waals surface area contributed by atoms with E-state index in [4.69, 9.17) is 5.73 Å². The first-order valence-electron chi connectivity index (χ1n) is 12.2. The first-order valence-corrected chi connectivity index (χ1v) is 14.1. The lowest BCUT2D eigenvalue weighted by Crippen LogP contribution is -2.32. The molecule has 0 bridgehead atoms. The van der Waals surface area contributed by atoms with Crippen LogP contribution in [0.15, 0.2) is 77.9 Å². The van der Waals surface area contributed by atoms with Gasteiger partial charge in [0.2, 0.25) is 10.0 Å². The summed E-state index contributed by atoms with van der Waals surface area (Å²) in [6, 6.07) is 17.2. The van der Waals surface area contributed by atoms with Gasteiger partial charge in [0.15, 0.2) is 11.5 Å². The Bertz CT molecular complexity index is 1990. The van der Waals surface area contributed by atoms with E-state index in [1.54, 1.807) is 55.7 Å². The number of nitrogens with two attached hydrogens (primary N) is 1. The molecule has 12 heteroatoms. The third-order valence-electron chi connectivity index (χ3n) is 6.18. The number of pyridine rings is 1. The molecule has 202 valence electrons. The molecule has 0 fully saturated rings. The molecule has 2 aromatic carbocycles. The number of para-hydroxylation sites is 1. The maximum absolute atomic E-state index is 14.0. The van der Waals surface area contributed by atoms with E-state index in [2.05, 4.69) is 32.0 Å². The largest absolute Gasteiger partial charge is 0.381 e. The summed E-state index contributed by atoms with van der Waals surface area (Å²) in [4.78, 5) is 31.6. The first-order chi connectivity index (χ1) is 19.1. The molecule has 0 radical (unpaired) electrons. The zero-order valence-electron chi connectivity index (χ0n) is 21.6. The summed E-state index contributed by atoms with van der Waals surface area (Å²) < 4.78 is 28.0. The standard InChI is InChI=1S/C28H25N7O4S/c1-18(32-27(36)24-25(29)33-34-16-8-14-30-26(24)34)22-17-20-10-6-9-19(11-7-15-31-40(2,38)39)23(20)28(37)35(22)21-12-4-3-5-13-21/h3-6,8-10,12-14,16-18,31H,15H2,1-2H3,(H2,29,33)(H,32,36)/t18-/m0/s1. The molecule has 0 aliphatic carbocycles. The van der Waals surface area contributed by atoms with Crippen molar-refractivity contribution in [3.05, 3.63) is 100 Å². The first kappa shape index (κ1) is 26.6. The van der Waals surface area contributed by atoms with Crippen LogP contribution in [0.5, 0.6) is 0 Å². The maximum atomic E-state index is 14.0. The van der Waals surface area contributed by atoms with Crippen molar-refractivity contribution in [3.8, 4) is 17.5 Å². The fraction of sp³-hybridized carbons (Fsp3) is 0.143. The molecule has 4 N–H and O–H groups in total. The maximum Gasteiger partial charge on any atom is 0.264 e. The Morgan fingerprint density at radius 2 is 1.90 bits per heavy atom. The molecule has 1 amide bonds. The van der Waals surface area contributed by atoms with Crippen LogP contribution < -0.4 is 21.3 Å². The van der Waals surface area contributed by atoms with Crippen molar-refractivity contribution in [2.75, 3.05) is 18.5 Å². The van der Waals surface area contributed by atoms with Crippen LogP contribution in [0.1, 0.15) is 34.6 Å². The number of fused-ring (bicyclic) bond motifs is 2. The molecule has 0 aliphatic rings. The number of nitrogens with one attached hydrogen (secondary N) is 2. The van der Waals surface area contributed by atoms with Crippen LogP contribution in [0.3, 0.4) is 0 Å². The molecule has 3 heterocycles. The van der Waals surface area contributed by atoms with E-state index in [0.717, 1.165) is 6.26 Å². The van der Waals surface area contributed by atoms with Crippen LogP contribution in [0, 0.1) is 11.8 Å². The second-order valence-corrected chi connectivity index (χ2v) is 10.9. The fourth-order valence-electron chi connectivity index (χ4n) is 4.42. The third kappa shape index (κ3) is 5.28. The molecular formula is C28H25N7O4S. The van der Waals surface area contributed by atoms with Crippen molar-refractivity contribution in [2.24, 2.45) is 0 Å². The summed E-state index contributed by atoms with van der Waals surface area (Å²) >= 11 is 0. The predicted molar refractivity (Wildman–Crippen MR) is 153 cm³/mol. The Morgan fingerprint density at radius 3 is 2.65 bits per heavy atom. The molecule has 0 aliphatic heterocycles. The number of carbonyl (C=O) groups is 1. The van der Waals surface area contributed by atoms with Gasteiger partial charge in [-0.1, -0.05) is 42.2 Å². The van der Waals surface area contributed by atoms with Gasteiger partial charge < -0.3 is 11.1 Å². The highest BCUT2D eigenvalue weighted by atomic mass is 32.2. The Kier molecular flexibility index (Phi) is 7.08. The van der Waals surface area contributed by atoms with Gasteiger partial charge in [0, 0.05) is 29.3 Å². The van der Waals surface area contributed by atoms with Crippen LogP contribution in [-0.2, 0) is 10.0 Å². The van der Waals surface area contributed by atoms with Gasteiger partial charge in [-0.15, -0.1) is 5.10 Å². The average Bonchev–Trinajstić information content (AvgIpc) is 3.26. The number of carbonyl (C=O) groups excluding carboxylic acids is 1. The van der Waals surface area contributed by atoms with Gasteiger partial charge in [-0.25, -0.2) is 22.6 Å². The fourth-order valence-corrected chi connectivity index (χ4v) is 4.75. The van der Waals surface area contributed by atoms with E-state index >= 15 is 0 Å². The zero-order valence-corrected chi connectivity index (χ0v) is 22.4. The van der Waals surface area contributed by atoms with Gasteiger partial charge in [-0.3, -0.25) is 14.2 Å². The minimum absolute atomic E-state index is 0.0379. The zero-order chi connectivity index (χ0) is 28.4. The predicted octanol–water partition coefficient (Wildman–Crippen LogP) is 2.01. The Morgan fingerprint density at radius 1 is 1.12 bits per heavy atom. The lowest BCUT2D eigenvalue weighted by molar-refractivity contribution is 0.0941. The van der Waals surface area contributed by atoms with Crippen molar-refractivity contribution in [3.63, 3.8) is 0 Å². The summed E-state index contributed by atoms with van der Waals surface area (Å²) in [6.07, 6.45) is 4.24. The van der Waals surface area contributed by atoms with Gasteiger partial charge in [0.1, 0.15) is 5.56 Å². The second kappa shape index (κ2) is 10.6. The minimum atomic E-state index is -3.40. The number of nitrogens with zero attached hydrogens (tertiary/aromatic N) is 4. The number of nitrogen functional groups attached to an aromatic ring is 1. The van der Waals surface area contributed by atoms with Crippen LogP contribution in [0.4, 0.5) is 5.82 Å². The number of benzene rings is 2. The Balaban J connectivity index is 1.60. The second-order valence-electron chi connectivity index (χ2n) is 9.05. The number of aromatic nitrogens is 4. The van der Waals surface area contributed by atoms with Crippen LogP contribution in [0.2, 0.25) is 0 Å². The Hall–Kier alpha value is -4.99. The van der Waals surface area contributed by atoms with E-state index in [1.807, 2.05) is 24.3 Å². The molecule has 3 aromatic heterocycles. The van der Waals surface area contributed by atoms with Crippen LogP contribution in [-0.4, -0.2) is 46.3 Å². The number of amides is 1. The smallest absolute Gasteiger partial charge is 0.264 e. The van der Waals surface area contributed by atoms with Gasteiger partial charge in [-0.05, 0) is 42.6 Å². The average molecular weight is 556 g/mol. The van der Waals surface area contributed by atoms with Gasteiger partial charge in [0.25, 0.3) is 11.5 Å². The lowest BCUT2D eigenvalue weighted by atomic mass is 10.0. The van der Waals surface area contributed by atoms with Crippen molar-refractivity contribution in [1.82, 2.24) is 29.2 Å². The summed E-state index contributed by atoms with van der Waals surface area (Å²) in [5.41, 5.74) is 7.75. The molecule has 11 nitrogen and oxygen atoms in total. The SMILES string of the molecule is C[C@H](NC(=O)c1c(N)nn2cccnc12)c1cc2cccc(C#CCNS(C)(=O)=O)c2c(=O)n1-c1ccccc1. The summed E-state index contributed by atoms with van der Waals surface area (Å²) in [6.45, 7) is 1.68. The summed E-state index contributed by atoms with van der Waals surface area (Å²) in [5, 5.41) is 8.08. The number of hydrogen-bond donors (Lipinski definition) is 3. The van der Waals surface area contributed by atoms with Crippen molar-refractivity contribution >= 4 is 38.2 Å². The van der Waals surface area contributed by atoms with Gasteiger partial charge in [0.05, 0.1) is 24.2 Å². The van der Waals surface area contributed by atoms with Gasteiger partial charge >= 0.3 is 0 Å². The minimum Gasteiger partial charge on any atom is -0.381 e. The summed E-state index contributed by atoms with van der Waals surface area (Å²) in [7, 11) is -3.40. The van der Waals surface area contributed by atoms with E-state index in [-0.39, 0.29) is 23.5 Å². The molecule has 0 saturated carbocycles. The number of sulfonamides is 1.